The number of hydrogen-bond donors (Lipinski definition) is 8. The first-order valence-corrected chi connectivity index (χ1v) is 21.4. The van der Waals surface area contributed by atoms with E-state index >= 15 is 0 Å². The Morgan fingerprint density at radius 2 is 0.833 bits per heavy atom. The van der Waals surface area contributed by atoms with E-state index in [2.05, 4.69) is 20.6 Å². The Balaban J connectivity index is 0.00000240. The van der Waals surface area contributed by atoms with Crippen LogP contribution in [0.4, 0.5) is 45.5 Å². The first kappa shape index (κ1) is 53.1. The molecule has 4 radical (unpaired) electrons. The zero-order valence-corrected chi connectivity index (χ0v) is 43.9. The van der Waals surface area contributed by atoms with Crippen LogP contribution in [0.1, 0.15) is 0 Å². The Hall–Kier alpha value is -1.28. The molecule has 296 valence electrons. The van der Waals surface area contributed by atoms with E-state index in [4.69, 9.17) is 44.1 Å². The van der Waals surface area contributed by atoms with Crippen molar-refractivity contribution in [3.8, 4) is 23.0 Å². The molecule has 2 aliphatic heterocycles. The third kappa shape index (κ3) is 10.3. The van der Waals surface area contributed by atoms with Crippen molar-refractivity contribution in [2.45, 2.75) is 19.6 Å². The number of fused-ring (bicyclic) bond motifs is 4. The van der Waals surface area contributed by atoms with E-state index in [1.54, 1.807) is 0 Å². The van der Waals surface area contributed by atoms with Gasteiger partial charge in [-0.1, -0.05) is 23.2 Å². The minimum absolute atomic E-state index is 0. The van der Waals surface area contributed by atoms with Crippen LogP contribution in [-0.2, 0) is 40.5 Å². The van der Waals surface area contributed by atoms with Crippen LogP contribution in [0, 0.1) is 0 Å². The molecule has 10 N–H and O–H groups in total. The zero-order chi connectivity index (χ0) is 40.9. The molecule has 0 unspecified atom stereocenters. The van der Waals surface area contributed by atoms with E-state index in [-0.39, 0.29) is 174 Å². The van der Waals surface area contributed by atoms with Gasteiger partial charge in [0.05, 0.1) is 22.7 Å². The summed E-state index contributed by atoms with van der Waals surface area (Å²) in [6.07, 6.45) is 0. The van der Waals surface area contributed by atoms with Crippen molar-refractivity contribution in [3.05, 3.63) is 81.4 Å². The molecule has 20 nitrogen and oxygen atoms in total. The van der Waals surface area contributed by atoms with E-state index in [0.717, 1.165) is 36.4 Å². The fourth-order valence-corrected chi connectivity index (χ4v) is 8.97. The van der Waals surface area contributed by atoms with Gasteiger partial charge in [-0.2, -0.15) is 33.7 Å². The molecule has 5 aromatic carbocycles. The van der Waals surface area contributed by atoms with Gasteiger partial charge in [-0.15, -0.1) is 0 Å². The van der Waals surface area contributed by atoms with Crippen molar-refractivity contribution < 1.29 is 61.4 Å². The molecule has 30 heteroatoms. The molecule has 0 fully saturated rings. The average Bonchev–Trinajstić information content (AvgIpc) is 3.08. The van der Waals surface area contributed by atoms with Gasteiger partial charge < -0.3 is 31.6 Å². The van der Waals surface area contributed by atoms with Crippen molar-refractivity contribution in [1.82, 2.24) is 0 Å². The SMILES string of the molecule is Nc1ccc(Nc2ccc3c(c2S(=O)(=O)O)Oc2c(Cl)c4c(c(Cl)c2=N3)Oc2c(ccc(Nc3ccc(N)c(S(=O)(=O)O)c3)c2S(=O)(=O)O)N=4)cc1S(=O)(=O)O.[Na].[Na].[Na].[Na]. The fourth-order valence-electron chi connectivity index (χ4n) is 5.62. The number of rotatable bonds is 8. The van der Waals surface area contributed by atoms with Crippen LogP contribution in [-0.4, -0.2) is 170 Å². The molecular formula is C30H20Cl2N6Na4O14S4. The molecule has 5 aromatic rings. The monoisotopic (exact) mass is 978 g/mol. The van der Waals surface area contributed by atoms with Crippen LogP contribution in [0.5, 0.6) is 23.0 Å². The summed E-state index contributed by atoms with van der Waals surface area (Å²) in [5.41, 5.74) is 9.29. The number of benzene rings is 5. The van der Waals surface area contributed by atoms with E-state index in [1.165, 1.54) is 24.3 Å². The van der Waals surface area contributed by atoms with E-state index in [1.807, 2.05) is 0 Å². The summed E-state index contributed by atoms with van der Waals surface area (Å²) in [7, 11) is -20.0. The minimum Gasteiger partial charge on any atom is -0.450 e. The van der Waals surface area contributed by atoms with Gasteiger partial charge >= 0.3 is 0 Å². The van der Waals surface area contributed by atoms with Crippen LogP contribution in [0.15, 0.2) is 90.2 Å². The summed E-state index contributed by atoms with van der Waals surface area (Å²) in [5, 5.41) is 3.90. The molecule has 60 heavy (non-hydrogen) atoms. The normalized spacial score (nSPS) is 12.5. The Bertz CT molecular complexity index is 3010. The van der Waals surface area contributed by atoms with E-state index < -0.39 is 93.1 Å². The topological polar surface area (TPSA) is 337 Å². The molecule has 0 aromatic heterocycles. The molecule has 0 saturated carbocycles. The maximum absolute atomic E-state index is 12.8. The molecule has 0 saturated heterocycles. The molecule has 2 heterocycles. The quantitative estimate of drug-likeness (QED) is 0.0615. The van der Waals surface area contributed by atoms with Crippen LogP contribution in [0.25, 0.3) is 0 Å². The van der Waals surface area contributed by atoms with Crippen LogP contribution in [0.3, 0.4) is 0 Å². The molecular weight excluding hydrogens is 959 g/mol. The Morgan fingerprint density at radius 1 is 0.500 bits per heavy atom. The average molecular weight is 980 g/mol. The Labute approximate surface area is 438 Å². The van der Waals surface area contributed by atoms with Gasteiger partial charge in [0.25, 0.3) is 40.5 Å². The van der Waals surface area contributed by atoms with Gasteiger partial charge in [0.2, 0.25) is 0 Å². The minimum atomic E-state index is -5.18. The molecule has 0 aliphatic carbocycles. The molecule has 7 rings (SSSR count). The van der Waals surface area contributed by atoms with Gasteiger partial charge in [0.1, 0.15) is 41.9 Å². The predicted molar refractivity (Wildman–Crippen MR) is 222 cm³/mol. The van der Waals surface area contributed by atoms with Crippen molar-refractivity contribution in [1.29, 1.82) is 0 Å². The number of halogens is 2. The number of nitrogens with zero attached hydrogens (tertiary/aromatic N) is 2. The third-order valence-electron chi connectivity index (χ3n) is 7.96. The summed E-state index contributed by atoms with van der Waals surface area (Å²) in [6.45, 7) is 0. The van der Waals surface area contributed by atoms with Crippen LogP contribution < -0.4 is 42.3 Å². The smallest absolute Gasteiger partial charge is 0.300 e. The summed E-state index contributed by atoms with van der Waals surface area (Å²) in [4.78, 5) is 5.51. The number of nitrogens with one attached hydrogen (secondary N) is 2. The molecule has 0 bridgehead atoms. The molecule has 0 spiro atoms. The number of anilines is 6. The van der Waals surface area contributed by atoms with Crippen molar-refractivity contribution in [2.24, 2.45) is 9.98 Å². The second kappa shape index (κ2) is 19.1. The van der Waals surface area contributed by atoms with Crippen molar-refractivity contribution >= 4 is 227 Å². The standard InChI is InChI=1S/C30H20Cl2N6O14S4.4Na/c31-21-24-28(52-26-16(38-24)6-8-18(30(26)56(48,49)50)36-12-2-4-14(34)20(10-12)54(42,43)44)22(32)23-27(21)51-25-15(37-23)5-7-17(29(25)55(45,46)47)35-11-1-3-13(33)19(9-11)53(39,40)41;;;;/h1-10,35-36H,33-34H2,(H,39,40,41)(H,42,43,44)(H,45,46,47)(H,48,49,50);;;;. The summed E-state index contributed by atoms with van der Waals surface area (Å²) in [6, 6.07) is 11.3. The third-order valence-corrected chi connectivity index (χ3v) is 12.3. The number of hydrogen-bond acceptors (Lipinski definition) is 16. The second-order valence-corrected chi connectivity index (χ2v) is 17.9. The second-order valence-electron chi connectivity index (χ2n) is 11.6. The van der Waals surface area contributed by atoms with Gasteiger partial charge in [0.15, 0.2) is 32.8 Å². The summed E-state index contributed by atoms with van der Waals surface area (Å²) in [5.74, 6) is -1.94. The van der Waals surface area contributed by atoms with Crippen LogP contribution in [0.2, 0.25) is 10.0 Å². The van der Waals surface area contributed by atoms with Gasteiger partial charge in [0, 0.05) is 130 Å². The van der Waals surface area contributed by atoms with Crippen molar-refractivity contribution in [2.75, 3.05) is 22.1 Å². The maximum atomic E-state index is 12.8. The predicted octanol–water partition coefficient (Wildman–Crippen LogP) is 3.22. The van der Waals surface area contributed by atoms with E-state index in [9.17, 15) is 51.9 Å². The first-order valence-electron chi connectivity index (χ1n) is 14.8. The van der Waals surface area contributed by atoms with Crippen molar-refractivity contribution in [3.63, 3.8) is 0 Å². The van der Waals surface area contributed by atoms with Gasteiger partial charge in [-0.25, -0.2) is 9.98 Å². The van der Waals surface area contributed by atoms with Crippen LogP contribution >= 0.6 is 23.2 Å². The fraction of sp³-hybridized carbons (Fsp3) is 0. The number of ether oxygens (including phenoxy) is 2. The maximum Gasteiger partial charge on any atom is 0.300 e. The zero-order valence-electron chi connectivity index (χ0n) is 31.1. The molecule has 0 atom stereocenters. The largest absolute Gasteiger partial charge is 0.450 e. The molecule has 2 aliphatic rings. The summed E-state index contributed by atoms with van der Waals surface area (Å²) < 4.78 is 150. The summed E-state index contributed by atoms with van der Waals surface area (Å²) >= 11 is 13.4. The Morgan fingerprint density at radius 3 is 1.13 bits per heavy atom. The first-order chi connectivity index (χ1) is 25.9. The number of nitrogens with two attached hydrogens (primary N) is 2. The van der Waals surface area contributed by atoms with Gasteiger partial charge in [-0.3, -0.25) is 18.2 Å². The molecule has 0 amide bonds. The van der Waals surface area contributed by atoms with E-state index in [0.29, 0.717) is 0 Å². The van der Waals surface area contributed by atoms with Gasteiger partial charge in [-0.05, 0) is 60.7 Å². The Kier molecular flexibility index (Phi) is 16.9. The number of nitrogen functional groups attached to an aromatic ring is 2.